The average Bonchev–Trinajstić information content (AvgIpc) is 3.46. The number of hydrogen-bond donors (Lipinski definition) is 1. The van der Waals surface area contributed by atoms with Gasteiger partial charge in [-0.05, 0) is 54.6 Å². The van der Waals surface area contributed by atoms with Crippen LogP contribution in [0.5, 0.6) is 0 Å². The molecule has 2 aromatic heterocycles. The van der Waals surface area contributed by atoms with Gasteiger partial charge in [0.15, 0.2) is 0 Å². The third kappa shape index (κ3) is 2.95. The highest BCUT2D eigenvalue weighted by atomic mass is 35.5. The van der Waals surface area contributed by atoms with Crippen molar-refractivity contribution < 1.29 is 4.74 Å². The molecule has 3 aromatic rings. The maximum atomic E-state index is 6.60. The van der Waals surface area contributed by atoms with Crippen LogP contribution in [0.25, 0.3) is 5.69 Å². The fourth-order valence-electron chi connectivity index (χ4n) is 5.36. The molecule has 4 nitrogen and oxygen atoms in total. The van der Waals surface area contributed by atoms with Crippen molar-refractivity contribution in [3.63, 3.8) is 0 Å². The predicted molar refractivity (Wildman–Crippen MR) is 118 cm³/mol. The first-order valence-corrected chi connectivity index (χ1v) is 11.6. The molecule has 0 saturated carbocycles. The summed E-state index contributed by atoms with van der Waals surface area (Å²) in [6.45, 7) is 3.95. The zero-order valence-electron chi connectivity index (χ0n) is 16.2. The Labute approximate surface area is 180 Å². The van der Waals surface area contributed by atoms with Gasteiger partial charge in [0.25, 0.3) is 0 Å². The number of nitrogens with zero attached hydrogens (tertiary/aromatic N) is 2. The maximum Gasteiger partial charge on any atom is 0.104 e. The average molecular weight is 426 g/mol. The normalized spacial score (nSPS) is 25.1. The number of rotatable bonds is 2. The molecule has 1 atom stereocenters. The van der Waals surface area contributed by atoms with Crippen LogP contribution in [0.15, 0.2) is 54.0 Å². The first-order chi connectivity index (χ1) is 14.1. The van der Waals surface area contributed by atoms with Crippen molar-refractivity contribution in [1.82, 2.24) is 9.47 Å². The molecule has 1 aromatic carbocycles. The van der Waals surface area contributed by atoms with E-state index < -0.39 is 0 Å². The van der Waals surface area contributed by atoms with Crippen molar-refractivity contribution in [1.29, 1.82) is 0 Å². The third-order valence-electron chi connectivity index (χ3n) is 6.81. The van der Waals surface area contributed by atoms with E-state index >= 15 is 0 Å². The van der Waals surface area contributed by atoms with Gasteiger partial charge in [-0.2, -0.15) is 0 Å². The molecule has 29 heavy (non-hydrogen) atoms. The van der Waals surface area contributed by atoms with Gasteiger partial charge in [-0.15, -0.1) is 11.3 Å². The Balaban J connectivity index is 1.25. The first-order valence-electron chi connectivity index (χ1n) is 10.3. The van der Waals surface area contributed by atoms with E-state index in [0.29, 0.717) is 6.61 Å². The number of anilines is 1. The summed E-state index contributed by atoms with van der Waals surface area (Å²) in [4.78, 5) is 4.02. The maximum absolute atomic E-state index is 6.60. The van der Waals surface area contributed by atoms with Gasteiger partial charge < -0.3 is 14.6 Å². The second kappa shape index (κ2) is 6.61. The minimum absolute atomic E-state index is 0.0376. The molecule has 2 spiro atoms. The summed E-state index contributed by atoms with van der Waals surface area (Å²) < 4.78 is 8.90. The number of thiophene rings is 1. The SMILES string of the molecule is Clc1ccc2c(c1)NC1(COC3(CCN(Cc4cccs4)CC3)C1)c1cccn1-2. The Morgan fingerprint density at radius 1 is 1.14 bits per heavy atom. The van der Waals surface area contributed by atoms with E-state index in [4.69, 9.17) is 16.3 Å². The van der Waals surface area contributed by atoms with Crippen molar-refractivity contribution >= 4 is 28.6 Å². The number of nitrogens with one attached hydrogen (secondary N) is 1. The van der Waals surface area contributed by atoms with Crippen molar-refractivity contribution in [3.05, 3.63) is 69.6 Å². The summed E-state index contributed by atoms with van der Waals surface area (Å²) in [7, 11) is 0. The van der Waals surface area contributed by atoms with E-state index in [0.717, 1.165) is 55.3 Å². The van der Waals surface area contributed by atoms with Crippen LogP contribution in [0.4, 0.5) is 5.69 Å². The Morgan fingerprint density at radius 3 is 2.86 bits per heavy atom. The molecule has 3 aliphatic heterocycles. The number of benzene rings is 1. The minimum Gasteiger partial charge on any atom is -0.372 e. The molecule has 5 heterocycles. The second-order valence-corrected chi connectivity index (χ2v) is 10.1. The Kier molecular flexibility index (Phi) is 4.11. The summed E-state index contributed by atoms with van der Waals surface area (Å²) in [5.41, 5.74) is 3.33. The molecule has 150 valence electrons. The standard InChI is InChI=1S/C23H24ClN3OS/c24-17-5-6-20-19(13-17)25-23(21-4-1-9-27(20)21)15-22(28-16-23)7-10-26(11-8-22)14-18-3-2-12-29-18/h1-6,9,12-13,25H,7-8,10-11,14-16H2. The number of piperidine rings is 1. The van der Waals surface area contributed by atoms with Gasteiger partial charge in [-0.1, -0.05) is 17.7 Å². The predicted octanol–water partition coefficient (Wildman–Crippen LogP) is 5.27. The molecule has 3 aliphatic rings. The van der Waals surface area contributed by atoms with Gasteiger partial charge in [0.05, 0.1) is 29.3 Å². The molecule has 0 amide bonds. The Hall–Kier alpha value is -1.79. The minimum atomic E-state index is -0.183. The van der Waals surface area contributed by atoms with Crippen molar-refractivity contribution in [3.8, 4) is 5.69 Å². The summed E-state index contributed by atoms with van der Waals surface area (Å²) in [5.74, 6) is 0. The van der Waals surface area contributed by atoms with Gasteiger partial charge in [0.2, 0.25) is 0 Å². The molecule has 0 radical (unpaired) electrons. The van der Waals surface area contributed by atoms with Crippen molar-refractivity contribution in [2.24, 2.45) is 0 Å². The highest BCUT2D eigenvalue weighted by Crippen LogP contribution is 2.50. The van der Waals surface area contributed by atoms with Gasteiger partial charge >= 0.3 is 0 Å². The zero-order valence-corrected chi connectivity index (χ0v) is 17.8. The Morgan fingerprint density at radius 2 is 2.03 bits per heavy atom. The number of hydrogen-bond acceptors (Lipinski definition) is 4. The molecule has 0 bridgehead atoms. The molecule has 6 rings (SSSR count). The van der Waals surface area contributed by atoms with E-state index in [1.54, 1.807) is 0 Å². The third-order valence-corrected chi connectivity index (χ3v) is 7.90. The van der Waals surface area contributed by atoms with E-state index in [1.165, 1.54) is 10.6 Å². The van der Waals surface area contributed by atoms with Crippen molar-refractivity contribution in [2.45, 2.75) is 36.9 Å². The highest BCUT2D eigenvalue weighted by molar-refractivity contribution is 7.09. The van der Waals surface area contributed by atoms with Gasteiger partial charge in [0, 0.05) is 42.2 Å². The van der Waals surface area contributed by atoms with Crippen molar-refractivity contribution in [2.75, 3.05) is 25.0 Å². The van der Waals surface area contributed by atoms with Crippen LogP contribution in [0.3, 0.4) is 0 Å². The van der Waals surface area contributed by atoms with Crippen LogP contribution < -0.4 is 5.32 Å². The van der Waals surface area contributed by atoms with Crippen LogP contribution in [-0.2, 0) is 16.8 Å². The molecule has 2 saturated heterocycles. The lowest BCUT2D eigenvalue weighted by atomic mass is 9.79. The second-order valence-electron chi connectivity index (χ2n) is 8.64. The summed E-state index contributed by atoms with van der Waals surface area (Å²) in [6, 6.07) is 14.8. The van der Waals surface area contributed by atoms with Crippen LogP contribution in [0, 0.1) is 0 Å². The fraction of sp³-hybridized carbons (Fsp3) is 0.391. The van der Waals surface area contributed by atoms with Crippen LogP contribution in [0.2, 0.25) is 5.02 Å². The van der Waals surface area contributed by atoms with E-state index in [-0.39, 0.29) is 11.1 Å². The molecule has 1 unspecified atom stereocenters. The molecular weight excluding hydrogens is 402 g/mol. The fourth-order valence-corrected chi connectivity index (χ4v) is 6.28. The van der Waals surface area contributed by atoms with Crippen LogP contribution in [-0.4, -0.2) is 34.8 Å². The molecular formula is C23H24ClN3OS. The van der Waals surface area contributed by atoms with Crippen LogP contribution in [0.1, 0.15) is 29.8 Å². The quantitative estimate of drug-likeness (QED) is 0.606. The topological polar surface area (TPSA) is 29.4 Å². The van der Waals surface area contributed by atoms with E-state index in [9.17, 15) is 0 Å². The van der Waals surface area contributed by atoms with E-state index in [1.807, 2.05) is 23.5 Å². The number of halogens is 1. The van der Waals surface area contributed by atoms with Gasteiger partial charge in [-0.3, -0.25) is 4.90 Å². The summed E-state index contributed by atoms with van der Waals surface area (Å²) in [5, 5.41) is 6.76. The Bertz CT molecular complexity index is 1040. The van der Waals surface area contributed by atoms with Gasteiger partial charge in [-0.25, -0.2) is 0 Å². The number of likely N-dealkylation sites (tertiary alicyclic amines) is 1. The molecule has 0 aliphatic carbocycles. The van der Waals surface area contributed by atoms with E-state index in [2.05, 4.69) is 56.7 Å². The lowest BCUT2D eigenvalue weighted by Gasteiger charge is -2.41. The van der Waals surface area contributed by atoms with Gasteiger partial charge in [0.1, 0.15) is 5.54 Å². The summed E-state index contributed by atoms with van der Waals surface area (Å²) in [6.07, 6.45) is 5.33. The molecule has 1 N–H and O–H groups in total. The lowest BCUT2D eigenvalue weighted by Crippen LogP contribution is -2.46. The molecule has 6 heteroatoms. The largest absolute Gasteiger partial charge is 0.372 e. The lowest BCUT2D eigenvalue weighted by molar-refractivity contribution is -0.0450. The first kappa shape index (κ1) is 18.0. The number of ether oxygens (including phenoxy) is 1. The number of fused-ring (bicyclic) bond motifs is 4. The number of aromatic nitrogens is 1. The smallest absolute Gasteiger partial charge is 0.104 e. The monoisotopic (exact) mass is 425 g/mol. The zero-order chi connectivity index (χ0) is 19.5. The highest BCUT2D eigenvalue weighted by Gasteiger charge is 2.53. The van der Waals surface area contributed by atoms with Crippen LogP contribution >= 0.6 is 22.9 Å². The molecule has 2 fully saturated rings. The summed E-state index contributed by atoms with van der Waals surface area (Å²) >= 11 is 8.15.